The van der Waals surface area contributed by atoms with E-state index in [1.165, 1.54) is 0 Å². The Kier molecular flexibility index (Phi) is 5.41. The van der Waals surface area contributed by atoms with Crippen molar-refractivity contribution in [2.45, 2.75) is 38.4 Å². The number of carbonyl (C=O) groups is 1. The van der Waals surface area contributed by atoms with Crippen LogP contribution in [0.4, 0.5) is 0 Å². The fraction of sp³-hybridized carbons (Fsp3) is 0.900. The van der Waals surface area contributed by atoms with Crippen molar-refractivity contribution in [3.63, 3.8) is 0 Å². The Morgan fingerprint density at radius 3 is 2.12 bits per heavy atom. The van der Waals surface area contributed by atoms with E-state index in [9.17, 15) is 13.2 Å². The summed E-state index contributed by atoms with van der Waals surface area (Å²) in [6, 6.07) is 0. The van der Waals surface area contributed by atoms with Crippen LogP contribution in [0, 0.1) is 5.92 Å². The number of nitrogens with two attached hydrogens (primary N) is 1. The molecule has 0 radical (unpaired) electrons. The van der Waals surface area contributed by atoms with E-state index in [4.69, 9.17) is 10.8 Å². The van der Waals surface area contributed by atoms with Crippen LogP contribution < -0.4 is 5.73 Å². The summed E-state index contributed by atoms with van der Waals surface area (Å²) in [5, 5.41) is 8.85. The van der Waals surface area contributed by atoms with Crippen molar-refractivity contribution in [3.05, 3.63) is 0 Å². The molecule has 0 saturated carbocycles. The third-order valence-corrected chi connectivity index (χ3v) is 5.17. The molecule has 0 spiro atoms. The van der Waals surface area contributed by atoms with Gasteiger partial charge in [0.15, 0.2) is 9.84 Å². The molecule has 5 nitrogen and oxygen atoms in total. The monoisotopic (exact) mass is 251 g/mol. The van der Waals surface area contributed by atoms with Gasteiger partial charge >= 0.3 is 5.97 Å². The van der Waals surface area contributed by atoms with Crippen molar-refractivity contribution in [2.24, 2.45) is 11.7 Å². The number of rotatable bonds is 6. The van der Waals surface area contributed by atoms with E-state index in [1.807, 2.05) is 0 Å². The molecule has 3 N–H and O–H groups in total. The maximum Gasteiger partial charge on any atom is 0.306 e. The van der Waals surface area contributed by atoms with Crippen molar-refractivity contribution in [1.82, 2.24) is 0 Å². The van der Waals surface area contributed by atoms with Gasteiger partial charge in [0, 0.05) is 0 Å². The average molecular weight is 251 g/mol. The quantitative estimate of drug-likeness (QED) is 0.722. The van der Waals surface area contributed by atoms with Gasteiger partial charge in [-0.25, -0.2) is 8.42 Å². The highest BCUT2D eigenvalue weighted by Gasteiger charge is 2.30. The molecule has 0 saturated heterocycles. The van der Waals surface area contributed by atoms with Crippen LogP contribution >= 0.6 is 0 Å². The maximum atomic E-state index is 11.8. The standard InChI is InChI=1S/C10H21NO4S/c1-10(2,3)16(14,15)7-5-8(4-6-11)9(12)13/h8H,4-7,11H2,1-3H3,(H,12,13). The first-order chi connectivity index (χ1) is 7.12. The highest BCUT2D eigenvalue weighted by molar-refractivity contribution is 7.92. The first kappa shape index (κ1) is 15.4. The van der Waals surface area contributed by atoms with Crippen LogP contribution in [-0.2, 0) is 14.6 Å². The van der Waals surface area contributed by atoms with Crippen LogP contribution in [0.25, 0.3) is 0 Å². The summed E-state index contributed by atoms with van der Waals surface area (Å²) in [4.78, 5) is 10.8. The molecule has 0 aromatic carbocycles. The lowest BCUT2D eigenvalue weighted by Crippen LogP contribution is -2.32. The molecule has 0 amide bonds. The third-order valence-electron chi connectivity index (χ3n) is 2.53. The summed E-state index contributed by atoms with van der Waals surface area (Å²) in [5.41, 5.74) is 5.28. The minimum atomic E-state index is -3.25. The van der Waals surface area contributed by atoms with Crippen LogP contribution in [0.2, 0.25) is 0 Å². The van der Waals surface area contributed by atoms with E-state index >= 15 is 0 Å². The number of hydrogen-bond donors (Lipinski definition) is 2. The largest absolute Gasteiger partial charge is 0.481 e. The molecule has 6 heteroatoms. The van der Waals surface area contributed by atoms with Gasteiger partial charge in [0.1, 0.15) is 0 Å². The summed E-state index contributed by atoms with van der Waals surface area (Å²) in [5.74, 6) is -1.75. The molecule has 0 fully saturated rings. The van der Waals surface area contributed by atoms with Crippen molar-refractivity contribution in [3.8, 4) is 0 Å². The summed E-state index contributed by atoms with van der Waals surface area (Å²) in [6.45, 7) is 5.09. The lowest BCUT2D eigenvalue weighted by Gasteiger charge is -2.20. The Balaban J connectivity index is 4.49. The van der Waals surface area contributed by atoms with Crippen LogP contribution in [0.3, 0.4) is 0 Å². The van der Waals surface area contributed by atoms with Crippen LogP contribution in [-0.4, -0.2) is 36.5 Å². The predicted molar refractivity (Wildman–Crippen MR) is 63.0 cm³/mol. The van der Waals surface area contributed by atoms with E-state index < -0.39 is 26.5 Å². The molecule has 0 heterocycles. The molecule has 1 atom stereocenters. The second kappa shape index (κ2) is 5.63. The summed E-state index contributed by atoms with van der Waals surface area (Å²) >= 11 is 0. The van der Waals surface area contributed by atoms with Gasteiger partial charge in [0.05, 0.1) is 16.4 Å². The molecular weight excluding hydrogens is 230 g/mol. The molecular formula is C10H21NO4S. The second-order valence-corrected chi connectivity index (χ2v) is 7.69. The molecule has 0 aliphatic rings. The van der Waals surface area contributed by atoms with Crippen molar-refractivity contribution >= 4 is 15.8 Å². The minimum absolute atomic E-state index is 0.104. The average Bonchev–Trinajstić information content (AvgIpc) is 2.09. The van der Waals surface area contributed by atoms with E-state index in [0.717, 1.165) is 0 Å². The van der Waals surface area contributed by atoms with Crippen LogP contribution in [0.15, 0.2) is 0 Å². The fourth-order valence-electron chi connectivity index (χ4n) is 1.20. The Bertz CT molecular complexity index is 329. The lowest BCUT2D eigenvalue weighted by atomic mass is 10.0. The number of carboxylic acid groups (broad SMARTS) is 1. The number of hydrogen-bond acceptors (Lipinski definition) is 4. The van der Waals surface area contributed by atoms with E-state index in [-0.39, 0.29) is 18.7 Å². The van der Waals surface area contributed by atoms with Crippen molar-refractivity contribution < 1.29 is 18.3 Å². The molecule has 0 aromatic rings. The van der Waals surface area contributed by atoms with Crippen molar-refractivity contribution in [2.75, 3.05) is 12.3 Å². The summed E-state index contributed by atoms with van der Waals surface area (Å²) in [7, 11) is -3.25. The Labute approximate surface area is 96.9 Å². The lowest BCUT2D eigenvalue weighted by molar-refractivity contribution is -0.141. The topological polar surface area (TPSA) is 97.5 Å². The summed E-state index contributed by atoms with van der Waals surface area (Å²) in [6.07, 6.45) is 0.446. The van der Waals surface area contributed by atoms with Gasteiger partial charge in [-0.2, -0.15) is 0 Å². The highest BCUT2D eigenvalue weighted by atomic mass is 32.2. The van der Waals surface area contributed by atoms with Gasteiger partial charge in [-0.1, -0.05) is 0 Å². The molecule has 1 unspecified atom stereocenters. The second-order valence-electron chi connectivity index (χ2n) is 4.83. The smallest absolute Gasteiger partial charge is 0.306 e. The van der Waals surface area contributed by atoms with Crippen molar-refractivity contribution in [1.29, 1.82) is 0 Å². The first-order valence-electron chi connectivity index (χ1n) is 5.27. The third kappa shape index (κ3) is 4.49. The van der Waals surface area contributed by atoms with E-state index in [1.54, 1.807) is 20.8 Å². The van der Waals surface area contributed by atoms with Crippen LogP contribution in [0.5, 0.6) is 0 Å². The molecule has 0 aliphatic carbocycles. The highest BCUT2D eigenvalue weighted by Crippen LogP contribution is 2.19. The zero-order valence-corrected chi connectivity index (χ0v) is 10.9. The van der Waals surface area contributed by atoms with Gasteiger partial charge in [0.25, 0.3) is 0 Å². The Morgan fingerprint density at radius 1 is 1.31 bits per heavy atom. The van der Waals surface area contributed by atoms with Gasteiger partial charge < -0.3 is 10.8 Å². The van der Waals surface area contributed by atoms with Gasteiger partial charge in [-0.05, 0) is 40.2 Å². The maximum absolute atomic E-state index is 11.8. The number of aliphatic carboxylic acids is 1. The zero-order valence-electron chi connectivity index (χ0n) is 10.1. The molecule has 0 aromatic heterocycles. The SMILES string of the molecule is CC(C)(C)S(=O)(=O)CCC(CCN)C(=O)O. The van der Waals surface area contributed by atoms with Gasteiger partial charge in [-0.3, -0.25) is 4.79 Å². The van der Waals surface area contributed by atoms with E-state index in [0.29, 0.717) is 6.42 Å². The molecule has 0 aliphatic heterocycles. The molecule has 16 heavy (non-hydrogen) atoms. The normalized spacial score (nSPS) is 14.8. The minimum Gasteiger partial charge on any atom is -0.481 e. The molecule has 0 bridgehead atoms. The first-order valence-corrected chi connectivity index (χ1v) is 6.92. The van der Waals surface area contributed by atoms with Crippen LogP contribution in [0.1, 0.15) is 33.6 Å². The Morgan fingerprint density at radius 2 is 1.81 bits per heavy atom. The molecule has 96 valence electrons. The number of carboxylic acids is 1. The summed E-state index contributed by atoms with van der Waals surface area (Å²) < 4.78 is 22.7. The predicted octanol–water partition coefficient (Wildman–Crippen LogP) is 0.639. The van der Waals surface area contributed by atoms with Gasteiger partial charge in [-0.15, -0.1) is 0 Å². The number of sulfone groups is 1. The molecule has 0 rings (SSSR count). The Hall–Kier alpha value is -0.620. The van der Waals surface area contributed by atoms with E-state index in [2.05, 4.69) is 0 Å². The fourth-order valence-corrected chi connectivity index (χ4v) is 2.40. The van der Waals surface area contributed by atoms with Gasteiger partial charge in [0.2, 0.25) is 0 Å². The zero-order chi connectivity index (χ0) is 13.0.